The van der Waals surface area contributed by atoms with E-state index in [-0.39, 0.29) is 0 Å². The first-order valence-corrected chi connectivity index (χ1v) is 8.89. The molecule has 27 heavy (non-hydrogen) atoms. The summed E-state index contributed by atoms with van der Waals surface area (Å²) in [7, 11) is 1.67. The van der Waals surface area contributed by atoms with Crippen LogP contribution in [0.1, 0.15) is 27.8 Å². The predicted octanol–water partition coefficient (Wildman–Crippen LogP) is 4.75. The van der Waals surface area contributed by atoms with Gasteiger partial charge in [0.15, 0.2) is 5.84 Å². The van der Waals surface area contributed by atoms with Crippen LogP contribution in [0.5, 0.6) is 5.75 Å². The highest BCUT2D eigenvalue weighted by atomic mass is 16.5. The van der Waals surface area contributed by atoms with E-state index >= 15 is 0 Å². The number of methoxy groups -OCH3 is 1. The molecule has 0 bridgehead atoms. The summed E-state index contributed by atoms with van der Waals surface area (Å²) >= 11 is 0. The van der Waals surface area contributed by atoms with E-state index in [0.29, 0.717) is 0 Å². The summed E-state index contributed by atoms with van der Waals surface area (Å²) in [5, 5.41) is 4.71. The molecule has 4 heteroatoms. The minimum atomic E-state index is 0.739. The molecule has 0 aromatic heterocycles. The van der Waals surface area contributed by atoms with Crippen LogP contribution in [0, 0.1) is 13.8 Å². The fourth-order valence-electron chi connectivity index (χ4n) is 3.06. The third kappa shape index (κ3) is 3.47. The molecular weight excluding hydrogens is 334 g/mol. The maximum absolute atomic E-state index is 5.28. The minimum absolute atomic E-state index is 0.739. The Morgan fingerprint density at radius 3 is 2.15 bits per heavy atom. The number of aliphatic imine (C=N–C) groups is 1. The number of ether oxygens (including phenoxy) is 1. The fraction of sp³-hybridized carbons (Fsp3) is 0.130. The van der Waals surface area contributed by atoms with Crippen molar-refractivity contribution >= 4 is 17.2 Å². The molecule has 0 unspecified atom stereocenters. The average molecular weight is 355 g/mol. The molecule has 1 aliphatic rings. The van der Waals surface area contributed by atoms with Crippen LogP contribution in [0.3, 0.4) is 0 Å². The summed E-state index contributed by atoms with van der Waals surface area (Å²) in [6, 6.07) is 22.4. The summed E-state index contributed by atoms with van der Waals surface area (Å²) in [6.07, 6.45) is 0. The molecular formula is C23H21N3O. The van der Waals surface area contributed by atoms with Gasteiger partial charge in [0.05, 0.1) is 18.5 Å². The van der Waals surface area contributed by atoms with Crippen molar-refractivity contribution in [3.05, 3.63) is 94.5 Å². The molecule has 4 rings (SSSR count). The number of benzene rings is 3. The maximum atomic E-state index is 5.28. The van der Waals surface area contributed by atoms with Gasteiger partial charge in [0.1, 0.15) is 5.75 Å². The third-order valence-electron chi connectivity index (χ3n) is 4.60. The number of rotatable bonds is 3. The van der Waals surface area contributed by atoms with Crippen LogP contribution in [0.25, 0.3) is 0 Å². The molecule has 0 atom stereocenters. The molecule has 0 radical (unpaired) electrons. The second-order valence-corrected chi connectivity index (χ2v) is 6.65. The highest BCUT2D eigenvalue weighted by Gasteiger charge is 2.17. The summed E-state index contributed by atoms with van der Waals surface area (Å²) in [6.45, 7) is 4.15. The third-order valence-corrected chi connectivity index (χ3v) is 4.60. The zero-order chi connectivity index (χ0) is 18.8. The second-order valence-electron chi connectivity index (χ2n) is 6.65. The predicted molar refractivity (Wildman–Crippen MR) is 110 cm³/mol. The zero-order valence-electron chi connectivity index (χ0n) is 15.7. The smallest absolute Gasteiger partial charge is 0.154 e. The number of hydrazone groups is 1. The Balaban J connectivity index is 1.83. The molecule has 0 spiro atoms. The molecule has 134 valence electrons. The van der Waals surface area contributed by atoms with Crippen LogP contribution in [-0.4, -0.2) is 18.7 Å². The molecule has 0 saturated heterocycles. The zero-order valence-corrected chi connectivity index (χ0v) is 15.7. The van der Waals surface area contributed by atoms with Gasteiger partial charge >= 0.3 is 0 Å². The van der Waals surface area contributed by atoms with Crippen LogP contribution in [-0.2, 0) is 0 Å². The first-order valence-electron chi connectivity index (χ1n) is 8.89. The van der Waals surface area contributed by atoms with Gasteiger partial charge in [-0.2, -0.15) is 5.10 Å². The van der Waals surface area contributed by atoms with E-state index < -0.39 is 0 Å². The lowest BCUT2D eigenvalue weighted by molar-refractivity contribution is 0.415. The van der Waals surface area contributed by atoms with Crippen LogP contribution in [0.15, 0.2) is 76.8 Å². The van der Waals surface area contributed by atoms with Crippen molar-refractivity contribution in [2.45, 2.75) is 13.8 Å². The number of fused-ring (bicyclic) bond motifs is 1. The van der Waals surface area contributed by atoms with E-state index in [1.54, 1.807) is 7.11 Å². The summed E-state index contributed by atoms with van der Waals surface area (Å²) < 4.78 is 5.28. The van der Waals surface area contributed by atoms with E-state index in [4.69, 9.17) is 14.8 Å². The molecule has 3 aromatic rings. The van der Waals surface area contributed by atoms with Gasteiger partial charge < -0.3 is 4.74 Å². The number of nitrogens with zero attached hydrogens (tertiary/aromatic N) is 2. The second kappa shape index (κ2) is 7.08. The van der Waals surface area contributed by atoms with Crippen LogP contribution in [0.4, 0.5) is 5.69 Å². The Morgan fingerprint density at radius 1 is 0.778 bits per heavy atom. The molecule has 0 amide bonds. The van der Waals surface area contributed by atoms with Gasteiger partial charge in [-0.15, -0.1) is 0 Å². The Bertz CT molecular complexity index is 1030. The van der Waals surface area contributed by atoms with Crippen molar-refractivity contribution < 1.29 is 4.74 Å². The molecule has 1 N–H and O–H groups in total. The van der Waals surface area contributed by atoms with E-state index in [1.807, 2.05) is 30.3 Å². The average Bonchev–Trinajstić information content (AvgIpc) is 2.88. The largest absolute Gasteiger partial charge is 0.497 e. The van der Waals surface area contributed by atoms with E-state index in [1.165, 1.54) is 11.1 Å². The van der Waals surface area contributed by atoms with Gasteiger partial charge in [-0.25, -0.2) is 4.99 Å². The van der Waals surface area contributed by atoms with E-state index in [0.717, 1.165) is 39.7 Å². The van der Waals surface area contributed by atoms with Crippen molar-refractivity contribution in [1.82, 2.24) is 5.43 Å². The lowest BCUT2D eigenvalue weighted by Gasteiger charge is -2.09. The molecule has 1 aliphatic heterocycles. The maximum Gasteiger partial charge on any atom is 0.154 e. The number of nitrogens with one attached hydrogen (secondary N) is 1. The lowest BCUT2D eigenvalue weighted by Crippen LogP contribution is -2.19. The van der Waals surface area contributed by atoms with Crippen molar-refractivity contribution in [3.8, 4) is 5.75 Å². The normalized spacial score (nSPS) is 13.0. The van der Waals surface area contributed by atoms with Crippen molar-refractivity contribution in [1.29, 1.82) is 0 Å². The Hall–Kier alpha value is -3.40. The summed E-state index contributed by atoms with van der Waals surface area (Å²) in [5.41, 5.74) is 10.3. The lowest BCUT2D eigenvalue weighted by atomic mass is 9.99. The van der Waals surface area contributed by atoms with Crippen molar-refractivity contribution in [2.75, 3.05) is 7.11 Å². The summed E-state index contributed by atoms with van der Waals surface area (Å²) in [5.74, 6) is 1.56. The van der Waals surface area contributed by atoms with Crippen LogP contribution in [0.2, 0.25) is 0 Å². The number of hydrogen-bond donors (Lipinski definition) is 1. The van der Waals surface area contributed by atoms with Gasteiger partial charge in [0, 0.05) is 16.7 Å². The van der Waals surface area contributed by atoms with Gasteiger partial charge in [0.2, 0.25) is 0 Å². The van der Waals surface area contributed by atoms with Gasteiger partial charge in [-0.05, 0) is 50.2 Å². The first kappa shape index (κ1) is 17.0. The Labute approximate surface area is 159 Å². The number of aryl methyl sites for hydroxylation is 2. The Morgan fingerprint density at radius 2 is 1.44 bits per heavy atom. The molecule has 3 aromatic carbocycles. The monoisotopic (exact) mass is 355 g/mol. The van der Waals surface area contributed by atoms with Crippen LogP contribution < -0.4 is 10.2 Å². The topological polar surface area (TPSA) is 46.0 Å². The first-order chi connectivity index (χ1) is 13.1. The highest BCUT2D eigenvalue weighted by Crippen LogP contribution is 2.27. The number of hydrogen-bond acceptors (Lipinski definition) is 4. The molecule has 0 fully saturated rings. The molecule has 4 nitrogen and oxygen atoms in total. The van der Waals surface area contributed by atoms with E-state index in [9.17, 15) is 0 Å². The highest BCUT2D eigenvalue weighted by molar-refractivity contribution is 6.18. The fourth-order valence-corrected chi connectivity index (χ4v) is 3.06. The standard InChI is InChI=1S/C23H21N3O/c1-15-4-7-18(8-5-15)23-24-21-13-6-16(2)14-20(21)22(25-26-23)17-9-11-19(27-3)12-10-17/h4-14H,1-3H3,(H,24,26). The van der Waals surface area contributed by atoms with Crippen molar-refractivity contribution in [2.24, 2.45) is 10.1 Å². The minimum Gasteiger partial charge on any atom is -0.497 e. The molecule has 1 heterocycles. The van der Waals surface area contributed by atoms with Gasteiger partial charge in [0.25, 0.3) is 0 Å². The van der Waals surface area contributed by atoms with Crippen molar-refractivity contribution in [3.63, 3.8) is 0 Å². The van der Waals surface area contributed by atoms with E-state index in [2.05, 4.69) is 55.7 Å². The molecule has 0 saturated carbocycles. The Kier molecular flexibility index (Phi) is 4.47. The number of amidine groups is 1. The quantitative estimate of drug-likeness (QED) is 0.737. The SMILES string of the molecule is COc1ccc(C2=NNC(c3ccc(C)cc3)=Nc3ccc(C)cc32)cc1. The van der Waals surface area contributed by atoms with Gasteiger partial charge in [-0.1, -0.05) is 41.5 Å². The van der Waals surface area contributed by atoms with Gasteiger partial charge in [-0.3, -0.25) is 5.43 Å². The van der Waals surface area contributed by atoms with Crippen LogP contribution >= 0.6 is 0 Å². The molecule has 0 aliphatic carbocycles. The summed E-state index contributed by atoms with van der Waals surface area (Å²) in [4.78, 5) is 4.86.